The first-order valence-corrected chi connectivity index (χ1v) is 9.57. The maximum absolute atomic E-state index is 4.99. The number of rotatable bonds is 5. The van der Waals surface area contributed by atoms with Gasteiger partial charge in [0.2, 0.25) is 0 Å². The number of benzene rings is 1. The van der Waals surface area contributed by atoms with Gasteiger partial charge in [-0.15, -0.1) is 24.0 Å². The van der Waals surface area contributed by atoms with E-state index < -0.39 is 0 Å². The second-order valence-electron chi connectivity index (χ2n) is 7.80. The normalized spacial score (nSPS) is 17.7. The highest BCUT2D eigenvalue weighted by atomic mass is 127. The fourth-order valence-corrected chi connectivity index (χ4v) is 3.55. The summed E-state index contributed by atoms with van der Waals surface area (Å²) in [5.74, 6) is 1.57. The van der Waals surface area contributed by atoms with Crippen molar-refractivity contribution >= 4 is 29.9 Å². The lowest BCUT2D eigenvalue weighted by atomic mass is 9.85. The second-order valence-corrected chi connectivity index (χ2v) is 7.80. The average molecular weight is 481 g/mol. The first-order valence-electron chi connectivity index (χ1n) is 9.57. The van der Waals surface area contributed by atoms with Gasteiger partial charge in [0.1, 0.15) is 0 Å². The van der Waals surface area contributed by atoms with Crippen molar-refractivity contribution in [1.29, 1.82) is 0 Å². The number of hydrogen-bond acceptors (Lipinski definition) is 2. The van der Waals surface area contributed by atoms with Gasteiger partial charge in [-0.2, -0.15) is 5.10 Å². The molecule has 1 aliphatic rings. The predicted molar refractivity (Wildman–Crippen MR) is 123 cm³/mol. The summed E-state index contributed by atoms with van der Waals surface area (Å²) >= 11 is 0. The van der Waals surface area contributed by atoms with Crippen molar-refractivity contribution in [3.8, 4) is 0 Å². The van der Waals surface area contributed by atoms with E-state index >= 15 is 0 Å². The van der Waals surface area contributed by atoms with Crippen molar-refractivity contribution in [3.05, 3.63) is 53.9 Å². The first-order chi connectivity index (χ1) is 12.5. The molecule has 2 aromatic rings. The Morgan fingerprint density at radius 3 is 2.67 bits per heavy atom. The Kier molecular flexibility index (Phi) is 7.70. The average Bonchev–Trinajstić information content (AvgIpc) is 3.28. The van der Waals surface area contributed by atoms with Crippen LogP contribution in [0.4, 0.5) is 0 Å². The lowest BCUT2D eigenvalue weighted by Crippen LogP contribution is -2.41. The topological polar surface area (TPSA) is 45.5 Å². The highest BCUT2D eigenvalue weighted by Crippen LogP contribution is 2.27. The summed E-state index contributed by atoms with van der Waals surface area (Å²) in [5, 5.41) is 7.80. The Hall–Kier alpha value is -1.57. The van der Waals surface area contributed by atoms with E-state index in [0.29, 0.717) is 5.92 Å². The molecule has 1 N–H and O–H groups in total. The molecule has 6 heteroatoms. The lowest BCUT2D eigenvalue weighted by Gasteiger charge is -2.26. The Bertz CT molecular complexity index is 738. The van der Waals surface area contributed by atoms with Crippen molar-refractivity contribution in [2.24, 2.45) is 12.0 Å². The molecule has 0 saturated carbocycles. The van der Waals surface area contributed by atoms with Crippen LogP contribution < -0.4 is 5.32 Å². The van der Waals surface area contributed by atoms with Gasteiger partial charge in [0.25, 0.3) is 0 Å². The minimum atomic E-state index is 0. The lowest BCUT2D eigenvalue weighted by molar-refractivity contribution is 0.474. The molecule has 1 aliphatic heterocycles. The largest absolute Gasteiger partial charge is 0.357 e. The number of hydrogen-bond donors (Lipinski definition) is 1. The van der Waals surface area contributed by atoms with Gasteiger partial charge in [-0.3, -0.25) is 9.67 Å². The number of nitrogens with one attached hydrogen (secondary N) is 1. The Morgan fingerprint density at radius 2 is 2.04 bits per heavy atom. The fourth-order valence-electron chi connectivity index (χ4n) is 3.55. The molecule has 0 amide bonds. The van der Waals surface area contributed by atoms with E-state index in [2.05, 4.69) is 72.6 Å². The molecule has 0 spiro atoms. The monoisotopic (exact) mass is 481 g/mol. The summed E-state index contributed by atoms with van der Waals surface area (Å²) in [6.45, 7) is 10.4. The third-order valence-electron chi connectivity index (χ3n) is 5.20. The molecule has 1 fully saturated rings. The van der Waals surface area contributed by atoms with Crippen LogP contribution in [0.25, 0.3) is 0 Å². The molecule has 1 unspecified atom stereocenters. The number of likely N-dealkylation sites (tertiary alicyclic amines) is 1. The third kappa shape index (κ3) is 5.46. The minimum absolute atomic E-state index is 0. The molecule has 1 saturated heterocycles. The first kappa shape index (κ1) is 21.7. The van der Waals surface area contributed by atoms with Crippen molar-refractivity contribution in [1.82, 2.24) is 20.0 Å². The maximum Gasteiger partial charge on any atom is 0.193 e. The van der Waals surface area contributed by atoms with E-state index in [1.807, 2.05) is 17.9 Å². The molecular formula is C21H32IN5. The van der Waals surface area contributed by atoms with E-state index in [-0.39, 0.29) is 29.4 Å². The molecule has 3 rings (SSSR count). The highest BCUT2D eigenvalue weighted by Gasteiger charge is 2.28. The quantitative estimate of drug-likeness (QED) is 0.402. The van der Waals surface area contributed by atoms with Crippen LogP contribution in [-0.2, 0) is 12.5 Å². The smallest absolute Gasteiger partial charge is 0.193 e. The SMILES string of the molecule is CCNC(=NCC(C)(C)c1ccccc1)N1CCC(c2cnn(C)c2)C1.I. The van der Waals surface area contributed by atoms with Gasteiger partial charge in [0.15, 0.2) is 5.96 Å². The number of aryl methyl sites for hydroxylation is 1. The Morgan fingerprint density at radius 1 is 1.30 bits per heavy atom. The maximum atomic E-state index is 4.99. The van der Waals surface area contributed by atoms with Gasteiger partial charge >= 0.3 is 0 Å². The van der Waals surface area contributed by atoms with Crippen LogP contribution in [0.2, 0.25) is 0 Å². The molecule has 0 aliphatic carbocycles. The van der Waals surface area contributed by atoms with Crippen LogP contribution in [0, 0.1) is 0 Å². The van der Waals surface area contributed by atoms with Gasteiger partial charge in [-0.25, -0.2) is 0 Å². The summed E-state index contributed by atoms with van der Waals surface area (Å²) in [6.07, 6.45) is 5.28. The number of aromatic nitrogens is 2. The van der Waals surface area contributed by atoms with E-state index in [0.717, 1.165) is 38.6 Å². The summed E-state index contributed by atoms with van der Waals surface area (Å²) in [6, 6.07) is 10.7. The van der Waals surface area contributed by atoms with Crippen LogP contribution in [0.3, 0.4) is 0 Å². The Labute approximate surface area is 180 Å². The van der Waals surface area contributed by atoms with Gasteiger partial charge in [0.05, 0.1) is 12.7 Å². The molecule has 1 atom stereocenters. The van der Waals surface area contributed by atoms with Gasteiger partial charge < -0.3 is 10.2 Å². The van der Waals surface area contributed by atoms with Crippen LogP contribution >= 0.6 is 24.0 Å². The van der Waals surface area contributed by atoms with Crippen molar-refractivity contribution in [2.75, 3.05) is 26.2 Å². The van der Waals surface area contributed by atoms with Crippen molar-refractivity contribution in [3.63, 3.8) is 0 Å². The molecule has 2 heterocycles. The van der Waals surface area contributed by atoms with E-state index in [1.165, 1.54) is 11.1 Å². The Balaban J connectivity index is 0.00000261. The predicted octanol–water partition coefficient (Wildman–Crippen LogP) is 3.77. The number of nitrogens with zero attached hydrogens (tertiary/aromatic N) is 4. The molecule has 0 bridgehead atoms. The molecule has 1 aromatic carbocycles. The van der Waals surface area contributed by atoms with Gasteiger partial charge in [-0.1, -0.05) is 44.2 Å². The van der Waals surface area contributed by atoms with Gasteiger partial charge in [-0.05, 0) is 24.5 Å². The molecule has 1 aromatic heterocycles. The van der Waals surface area contributed by atoms with Crippen molar-refractivity contribution in [2.45, 2.75) is 38.5 Å². The van der Waals surface area contributed by atoms with Gasteiger partial charge in [0, 0.05) is 44.2 Å². The van der Waals surface area contributed by atoms with Crippen molar-refractivity contribution < 1.29 is 0 Å². The van der Waals surface area contributed by atoms with E-state index in [4.69, 9.17) is 4.99 Å². The summed E-state index contributed by atoms with van der Waals surface area (Å²) in [5.41, 5.74) is 2.68. The molecule has 27 heavy (non-hydrogen) atoms. The number of halogens is 1. The fraction of sp³-hybridized carbons (Fsp3) is 0.524. The zero-order chi connectivity index (χ0) is 18.6. The zero-order valence-electron chi connectivity index (χ0n) is 16.9. The molecular weight excluding hydrogens is 449 g/mol. The summed E-state index contributed by atoms with van der Waals surface area (Å²) in [4.78, 5) is 7.38. The standard InChI is InChI=1S/C21H31N5.HI/c1-5-22-20(23-16-21(2,3)19-9-7-6-8-10-19)26-12-11-17(15-26)18-13-24-25(4)14-18;/h6-10,13-14,17H,5,11-12,15-16H2,1-4H3,(H,22,23);1H. The zero-order valence-corrected chi connectivity index (χ0v) is 19.2. The highest BCUT2D eigenvalue weighted by molar-refractivity contribution is 14.0. The summed E-state index contributed by atoms with van der Waals surface area (Å²) < 4.78 is 1.89. The molecule has 148 valence electrons. The van der Waals surface area contributed by atoms with E-state index in [1.54, 1.807) is 0 Å². The number of aliphatic imine (C=N–C) groups is 1. The third-order valence-corrected chi connectivity index (χ3v) is 5.20. The van der Waals surface area contributed by atoms with Crippen LogP contribution in [0.15, 0.2) is 47.7 Å². The second kappa shape index (κ2) is 9.57. The van der Waals surface area contributed by atoms with Crippen LogP contribution in [-0.4, -0.2) is 46.8 Å². The van der Waals surface area contributed by atoms with E-state index in [9.17, 15) is 0 Å². The van der Waals surface area contributed by atoms with Crippen LogP contribution in [0.1, 0.15) is 44.2 Å². The number of guanidine groups is 1. The minimum Gasteiger partial charge on any atom is -0.357 e. The van der Waals surface area contributed by atoms with Crippen LogP contribution in [0.5, 0.6) is 0 Å². The summed E-state index contributed by atoms with van der Waals surface area (Å²) in [7, 11) is 1.98. The molecule has 5 nitrogen and oxygen atoms in total. The molecule has 0 radical (unpaired) electrons.